The molecule has 0 spiro atoms. The number of ether oxygens (including phenoxy) is 1. The Kier molecular flexibility index (Phi) is 4.97. The van der Waals surface area contributed by atoms with E-state index < -0.39 is 0 Å². The predicted octanol–water partition coefficient (Wildman–Crippen LogP) is 2.32. The summed E-state index contributed by atoms with van der Waals surface area (Å²) in [5.41, 5.74) is 8.61. The summed E-state index contributed by atoms with van der Waals surface area (Å²) < 4.78 is 5.98. The maximum Gasteiger partial charge on any atom is 0.0747 e. The molecule has 106 valence electrons. The largest absolute Gasteiger partial charge is 0.374 e. The van der Waals surface area contributed by atoms with E-state index in [1.165, 1.54) is 11.1 Å². The third-order valence-electron chi connectivity index (χ3n) is 4.02. The van der Waals surface area contributed by atoms with Crippen molar-refractivity contribution in [2.75, 3.05) is 13.6 Å². The average molecular weight is 262 g/mol. The van der Waals surface area contributed by atoms with Gasteiger partial charge in [-0.05, 0) is 39.3 Å². The molecule has 1 saturated heterocycles. The van der Waals surface area contributed by atoms with Gasteiger partial charge in [-0.25, -0.2) is 0 Å². The van der Waals surface area contributed by atoms with Gasteiger partial charge < -0.3 is 10.5 Å². The molecule has 2 rings (SSSR count). The Morgan fingerprint density at radius 1 is 1.42 bits per heavy atom. The van der Waals surface area contributed by atoms with E-state index in [-0.39, 0.29) is 6.10 Å². The van der Waals surface area contributed by atoms with Gasteiger partial charge in [0.25, 0.3) is 0 Å². The number of hydrogen-bond acceptors (Lipinski definition) is 3. The van der Waals surface area contributed by atoms with Gasteiger partial charge in [0.1, 0.15) is 0 Å². The Hall–Kier alpha value is -0.900. The van der Waals surface area contributed by atoms with Gasteiger partial charge in [0.05, 0.1) is 12.2 Å². The summed E-state index contributed by atoms with van der Waals surface area (Å²) in [6, 6.07) is 8.97. The number of hydrogen-bond donors (Lipinski definition) is 1. The minimum atomic E-state index is 0.287. The fraction of sp³-hybridized carbons (Fsp3) is 0.625. The number of rotatable bonds is 5. The van der Waals surface area contributed by atoms with Gasteiger partial charge in [0.2, 0.25) is 0 Å². The van der Waals surface area contributed by atoms with E-state index in [4.69, 9.17) is 10.5 Å². The Balaban J connectivity index is 1.98. The molecule has 0 bridgehead atoms. The Bertz CT molecular complexity index is 407. The molecular formula is C16H26N2O. The molecule has 1 heterocycles. The van der Waals surface area contributed by atoms with Crippen LogP contribution in [0.2, 0.25) is 0 Å². The molecule has 3 atom stereocenters. The second kappa shape index (κ2) is 6.51. The Morgan fingerprint density at radius 3 is 2.79 bits per heavy atom. The second-order valence-corrected chi connectivity index (χ2v) is 5.77. The van der Waals surface area contributed by atoms with Crippen LogP contribution in [0.4, 0.5) is 0 Å². The summed E-state index contributed by atoms with van der Waals surface area (Å²) in [7, 11) is 2.15. The number of nitrogens with zero attached hydrogens (tertiary/aromatic N) is 1. The van der Waals surface area contributed by atoms with E-state index in [1.807, 2.05) is 0 Å². The van der Waals surface area contributed by atoms with Crippen molar-refractivity contribution in [1.82, 2.24) is 4.90 Å². The van der Waals surface area contributed by atoms with Gasteiger partial charge >= 0.3 is 0 Å². The van der Waals surface area contributed by atoms with Crippen LogP contribution < -0.4 is 5.73 Å². The predicted molar refractivity (Wildman–Crippen MR) is 79.1 cm³/mol. The zero-order valence-corrected chi connectivity index (χ0v) is 12.3. The molecule has 0 saturated carbocycles. The third-order valence-corrected chi connectivity index (χ3v) is 4.02. The van der Waals surface area contributed by atoms with E-state index in [1.54, 1.807) is 0 Å². The summed E-state index contributed by atoms with van der Waals surface area (Å²) in [4.78, 5) is 2.33. The molecule has 1 aliphatic heterocycles. The first kappa shape index (κ1) is 14.5. The lowest BCUT2D eigenvalue weighted by molar-refractivity contribution is 0.000841. The molecule has 1 fully saturated rings. The van der Waals surface area contributed by atoms with E-state index in [2.05, 4.69) is 50.1 Å². The Labute approximate surface area is 116 Å². The maximum absolute atomic E-state index is 5.98. The summed E-state index contributed by atoms with van der Waals surface area (Å²) in [6.45, 7) is 5.86. The summed E-state index contributed by atoms with van der Waals surface area (Å²) in [6.07, 6.45) is 2.95. The van der Waals surface area contributed by atoms with Crippen molar-refractivity contribution < 1.29 is 4.74 Å². The van der Waals surface area contributed by atoms with Crippen molar-refractivity contribution in [3.63, 3.8) is 0 Å². The normalized spacial score (nSPS) is 24.9. The van der Waals surface area contributed by atoms with Crippen molar-refractivity contribution in [2.45, 2.75) is 51.5 Å². The zero-order valence-electron chi connectivity index (χ0n) is 12.3. The van der Waals surface area contributed by atoms with Gasteiger partial charge in [-0.2, -0.15) is 0 Å². The fourth-order valence-corrected chi connectivity index (χ4v) is 2.95. The summed E-state index contributed by atoms with van der Waals surface area (Å²) >= 11 is 0. The number of benzene rings is 1. The average Bonchev–Trinajstić information content (AvgIpc) is 2.76. The lowest BCUT2D eigenvalue weighted by atomic mass is 10.0. The summed E-state index contributed by atoms with van der Waals surface area (Å²) in [5, 5.41) is 0. The first-order valence-corrected chi connectivity index (χ1v) is 7.21. The zero-order chi connectivity index (χ0) is 13.8. The van der Waals surface area contributed by atoms with E-state index in [0.717, 1.165) is 19.4 Å². The Morgan fingerprint density at radius 2 is 2.21 bits per heavy atom. The van der Waals surface area contributed by atoms with Gasteiger partial charge in [0, 0.05) is 19.1 Å². The van der Waals surface area contributed by atoms with E-state index in [0.29, 0.717) is 18.7 Å². The fourth-order valence-electron chi connectivity index (χ4n) is 2.95. The van der Waals surface area contributed by atoms with Gasteiger partial charge in [-0.1, -0.05) is 29.8 Å². The van der Waals surface area contributed by atoms with Crippen LogP contribution in [0, 0.1) is 6.92 Å². The van der Waals surface area contributed by atoms with Crippen LogP contribution in [0.3, 0.4) is 0 Å². The minimum absolute atomic E-state index is 0.287. The molecule has 0 radical (unpaired) electrons. The number of likely N-dealkylation sites (N-methyl/N-ethyl adjacent to an activating group) is 1. The standard InChI is InChI=1S/C16H26N2O/c1-12-5-4-6-14(9-12)11-18(3)15(10-17)16-8-7-13(2)19-16/h4-6,9,13,15-16H,7-8,10-11,17H2,1-3H3. The molecule has 3 unspecified atom stereocenters. The van der Waals surface area contributed by atoms with Crippen LogP contribution in [0.1, 0.15) is 30.9 Å². The molecule has 19 heavy (non-hydrogen) atoms. The molecular weight excluding hydrogens is 236 g/mol. The molecule has 1 aromatic carbocycles. The molecule has 3 nitrogen and oxygen atoms in total. The van der Waals surface area contributed by atoms with Gasteiger partial charge in [-0.15, -0.1) is 0 Å². The highest BCUT2D eigenvalue weighted by atomic mass is 16.5. The van der Waals surface area contributed by atoms with E-state index in [9.17, 15) is 0 Å². The van der Waals surface area contributed by atoms with Crippen LogP contribution in [-0.2, 0) is 11.3 Å². The molecule has 0 amide bonds. The lowest BCUT2D eigenvalue weighted by Gasteiger charge is -2.31. The van der Waals surface area contributed by atoms with Crippen molar-refractivity contribution in [2.24, 2.45) is 5.73 Å². The minimum Gasteiger partial charge on any atom is -0.374 e. The van der Waals surface area contributed by atoms with Crippen LogP contribution in [0.15, 0.2) is 24.3 Å². The molecule has 1 aromatic rings. The highest BCUT2D eigenvalue weighted by Crippen LogP contribution is 2.24. The summed E-state index contributed by atoms with van der Waals surface area (Å²) in [5.74, 6) is 0. The van der Waals surface area contributed by atoms with Crippen LogP contribution in [0.25, 0.3) is 0 Å². The maximum atomic E-state index is 5.98. The first-order chi connectivity index (χ1) is 9.10. The second-order valence-electron chi connectivity index (χ2n) is 5.77. The van der Waals surface area contributed by atoms with Gasteiger partial charge in [0.15, 0.2) is 0 Å². The molecule has 1 aliphatic rings. The van der Waals surface area contributed by atoms with Crippen molar-refractivity contribution >= 4 is 0 Å². The van der Waals surface area contributed by atoms with Gasteiger partial charge in [-0.3, -0.25) is 4.90 Å². The smallest absolute Gasteiger partial charge is 0.0747 e. The SMILES string of the molecule is Cc1cccc(CN(C)C(CN)C2CCC(C)O2)c1. The highest BCUT2D eigenvalue weighted by molar-refractivity contribution is 5.22. The molecule has 2 N–H and O–H groups in total. The van der Waals surface area contributed by atoms with Crippen LogP contribution in [-0.4, -0.2) is 36.7 Å². The molecule has 0 aliphatic carbocycles. The van der Waals surface area contributed by atoms with Crippen LogP contribution >= 0.6 is 0 Å². The highest BCUT2D eigenvalue weighted by Gasteiger charge is 2.31. The molecule has 0 aromatic heterocycles. The molecule has 3 heteroatoms. The quantitative estimate of drug-likeness (QED) is 0.885. The van der Waals surface area contributed by atoms with Crippen molar-refractivity contribution in [3.05, 3.63) is 35.4 Å². The third kappa shape index (κ3) is 3.78. The van der Waals surface area contributed by atoms with Crippen molar-refractivity contribution in [3.8, 4) is 0 Å². The number of aryl methyl sites for hydroxylation is 1. The van der Waals surface area contributed by atoms with Crippen LogP contribution in [0.5, 0.6) is 0 Å². The first-order valence-electron chi connectivity index (χ1n) is 7.21. The lowest BCUT2D eigenvalue weighted by Crippen LogP contribution is -2.46. The van der Waals surface area contributed by atoms with E-state index >= 15 is 0 Å². The topological polar surface area (TPSA) is 38.5 Å². The number of nitrogens with two attached hydrogens (primary N) is 1. The van der Waals surface area contributed by atoms with Crippen molar-refractivity contribution in [1.29, 1.82) is 0 Å². The monoisotopic (exact) mass is 262 g/mol.